The number of allylic oxidation sites excluding steroid dienone is 10. The fourth-order valence-corrected chi connectivity index (χ4v) is 6.91. The van der Waals surface area contributed by atoms with E-state index >= 15 is 0 Å². The van der Waals surface area contributed by atoms with Crippen LogP contribution in [0.4, 0.5) is 0 Å². The quantitative estimate of drug-likeness (QED) is 0.0280. The number of unbranched alkanes of at least 4 members (excludes halogenated alkanes) is 22. The lowest BCUT2D eigenvalue weighted by molar-refractivity contribution is -0.161. The molecule has 8 nitrogen and oxygen atoms in total. The zero-order valence-electron chi connectivity index (χ0n) is 37.4. The van der Waals surface area contributed by atoms with Crippen LogP contribution in [0.5, 0.6) is 0 Å². The lowest BCUT2D eigenvalue weighted by Crippen LogP contribution is -2.29. The molecule has 0 amide bonds. The van der Waals surface area contributed by atoms with Crippen LogP contribution >= 0.6 is 7.82 Å². The first-order valence-corrected chi connectivity index (χ1v) is 25.0. The number of rotatable bonds is 43. The van der Waals surface area contributed by atoms with E-state index in [1.54, 1.807) is 0 Å². The summed E-state index contributed by atoms with van der Waals surface area (Å²) >= 11 is 0. The highest BCUT2D eigenvalue weighted by Gasteiger charge is 2.24. The molecule has 58 heavy (non-hydrogen) atoms. The van der Waals surface area contributed by atoms with Crippen LogP contribution in [0, 0.1) is 0 Å². The third kappa shape index (κ3) is 43.3. The molecular weight excluding hydrogens is 748 g/mol. The van der Waals surface area contributed by atoms with Gasteiger partial charge in [0.1, 0.15) is 6.61 Å². The van der Waals surface area contributed by atoms with Crippen LogP contribution in [-0.2, 0) is 32.7 Å². The standard InChI is InChI=1S/C49H87O8P/c1-4-6-8-10-12-14-16-18-20-22-24-26-27-29-31-33-35-37-39-41-43-48(50)55-45-47(46-56-58(52,53)54-3)57-49(51)44-42-40-38-36-34-32-30-28-25-23-21-19-17-15-13-11-9-7-5-2/h7,9,13,15,19,21,25,28,32,34,47H,4-6,8,10-12,14,16-18,20,22-24,26-27,29-31,33,35-46H2,1-3H3,(H,52,53)/b9-7-,15-13-,21-19-,28-25-,34-32-. The topological polar surface area (TPSA) is 108 Å². The molecule has 0 bridgehead atoms. The van der Waals surface area contributed by atoms with Gasteiger partial charge < -0.3 is 14.4 Å². The van der Waals surface area contributed by atoms with Crippen molar-refractivity contribution >= 4 is 19.8 Å². The minimum absolute atomic E-state index is 0.205. The van der Waals surface area contributed by atoms with Crippen LogP contribution < -0.4 is 0 Å². The van der Waals surface area contributed by atoms with Crippen LogP contribution in [0.15, 0.2) is 60.8 Å². The van der Waals surface area contributed by atoms with E-state index in [9.17, 15) is 19.0 Å². The average Bonchev–Trinajstić information content (AvgIpc) is 3.21. The molecule has 0 radical (unpaired) electrons. The molecule has 2 unspecified atom stereocenters. The fourth-order valence-electron chi connectivity index (χ4n) is 6.45. The Morgan fingerprint density at radius 3 is 1.31 bits per heavy atom. The third-order valence-corrected chi connectivity index (χ3v) is 11.0. The van der Waals surface area contributed by atoms with Gasteiger partial charge in [0.2, 0.25) is 0 Å². The molecule has 336 valence electrons. The highest BCUT2D eigenvalue weighted by atomic mass is 31.2. The summed E-state index contributed by atoms with van der Waals surface area (Å²) in [4.78, 5) is 34.6. The molecule has 0 aliphatic carbocycles. The summed E-state index contributed by atoms with van der Waals surface area (Å²) < 4.78 is 32.0. The van der Waals surface area contributed by atoms with Gasteiger partial charge in [-0.3, -0.25) is 18.6 Å². The van der Waals surface area contributed by atoms with E-state index in [0.717, 1.165) is 77.7 Å². The number of esters is 2. The molecule has 0 saturated carbocycles. The van der Waals surface area contributed by atoms with E-state index in [0.29, 0.717) is 6.42 Å². The van der Waals surface area contributed by atoms with Gasteiger partial charge in [0.25, 0.3) is 0 Å². The van der Waals surface area contributed by atoms with Gasteiger partial charge in [0, 0.05) is 20.0 Å². The average molecular weight is 835 g/mol. The van der Waals surface area contributed by atoms with Crippen molar-refractivity contribution in [3.8, 4) is 0 Å². The molecule has 0 rings (SSSR count). The minimum Gasteiger partial charge on any atom is -0.462 e. The summed E-state index contributed by atoms with van der Waals surface area (Å²) in [5.41, 5.74) is 0. The van der Waals surface area contributed by atoms with Gasteiger partial charge in [-0.05, 0) is 57.8 Å². The van der Waals surface area contributed by atoms with E-state index in [-0.39, 0.29) is 25.4 Å². The molecule has 0 aromatic carbocycles. The SMILES string of the molecule is CC/C=C\C/C=C\C/C=C\C/C=C\C/C=C\CCCCCC(=O)OC(COC(=O)CCCCCCCCCCCCCCCCCCCCCC)COP(=O)(O)OC. The number of hydrogen-bond donors (Lipinski definition) is 1. The molecular formula is C49H87O8P. The van der Waals surface area contributed by atoms with Crippen molar-refractivity contribution in [1.29, 1.82) is 0 Å². The first-order chi connectivity index (χ1) is 28.3. The van der Waals surface area contributed by atoms with Gasteiger partial charge in [-0.1, -0.05) is 203 Å². The van der Waals surface area contributed by atoms with E-state index < -0.39 is 26.5 Å². The first kappa shape index (κ1) is 55.8. The van der Waals surface area contributed by atoms with Crippen LogP contribution in [0.1, 0.15) is 213 Å². The molecule has 0 aromatic heterocycles. The van der Waals surface area contributed by atoms with Gasteiger partial charge in [0.15, 0.2) is 6.10 Å². The van der Waals surface area contributed by atoms with Gasteiger partial charge in [-0.2, -0.15) is 0 Å². The fraction of sp³-hybridized carbons (Fsp3) is 0.755. The van der Waals surface area contributed by atoms with E-state index in [2.05, 4.69) is 79.1 Å². The summed E-state index contributed by atoms with van der Waals surface area (Å²) in [5.74, 6) is -0.837. The van der Waals surface area contributed by atoms with Crippen LogP contribution in [0.2, 0.25) is 0 Å². The summed E-state index contributed by atoms with van der Waals surface area (Å²) in [5, 5.41) is 0. The van der Waals surface area contributed by atoms with Crippen molar-refractivity contribution in [2.24, 2.45) is 0 Å². The Labute approximate surface area is 356 Å². The maximum Gasteiger partial charge on any atom is 0.472 e. The second kappa shape index (κ2) is 44.3. The van der Waals surface area contributed by atoms with E-state index in [4.69, 9.17) is 14.0 Å². The smallest absolute Gasteiger partial charge is 0.462 e. The Morgan fingerprint density at radius 2 is 0.879 bits per heavy atom. The minimum atomic E-state index is -4.28. The van der Waals surface area contributed by atoms with Crippen molar-refractivity contribution in [2.45, 2.75) is 219 Å². The predicted molar refractivity (Wildman–Crippen MR) is 244 cm³/mol. The molecule has 0 saturated heterocycles. The maximum atomic E-state index is 12.5. The van der Waals surface area contributed by atoms with Crippen LogP contribution in [0.3, 0.4) is 0 Å². The molecule has 9 heteroatoms. The Hall–Kier alpha value is -2.25. The second-order valence-corrected chi connectivity index (χ2v) is 17.1. The maximum absolute atomic E-state index is 12.5. The van der Waals surface area contributed by atoms with Gasteiger partial charge in [-0.15, -0.1) is 0 Å². The molecule has 0 aliphatic rings. The monoisotopic (exact) mass is 835 g/mol. The number of phosphoric acid groups is 1. The number of carbonyl (C=O) groups excluding carboxylic acids is 2. The Morgan fingerprint density at radius 1 is 0.500 bits per heavy atom. The molecule has 0 aliphatic heterocycles. The van der Waals surface area contributed by atoms with Crippen LogP contribution in [-0.4, -0.2) is 43.3 Å². The Kier molecular flexibility index (Phi) is 42.6. The zero-order chi connectivity index (χ0) is 42.5. The predicted octanol–water partition coefficient (Wildman–Crippen LogP) is 15.1. The highest BCUT2D eigenvalue weighted by molar-refractivity contribution is 7.47. The number of ether oxygens (including phenoxy) is 2. The molecule has 1 N–H and O–H groups in total. The summed E-state index contributed by atoms with van der Waals surface area (Å²) in [6.45, 7) is 3.77. The molecule has 0 aromatic rings. The molecule has 0 fully saturated rings. The van der Waals surface area contributed by atoms with Gasteiger partial charge >= 0.3 is 19.8 Å². The lowest BCUT2D eigenvalue weighted by atomic mass is 10.0. The van der Waals surface area contributed by atoms with Crippen LogP contribution in [0.25, 0.3) is 0 Å². The molecule has 2 atom stereocenters. The summed E-state index contributed by atoms with van der Waals surface area (Å²) in [6, 6.07) is 0. The molecule has 0 heterocycles. The number of hydrogen-bond acceptors (Lipinski definition) is 7. The van der Waals surface area contributed by atoms with E-state index in [1.807, 2.05) is 0 Å². The summed E-state index contributed by atoms with van der Waals surface area (Å²) in [7, 11) is -3.22. The second-order valence-electron chi connectivity index (χ2n) is 15.5. The highest BCUT2D eigenvalue weighted by Crippen LogP contribution is 2.42. The van der Waals surface area contributed by atoms with Crippen molar-refractivity contribution in [2.75, 3.05) is 20.3 Å². The van der Waals surface area contributed by atoms with Crippen molar-refractivity contribution < 1.29 is 37.6 Å². The first-order valence-electron chi connectivity index (χ1n) is 23.5. The number of phosphoric ester groups is 1. The zero-order valence-corrected chi connectivity index (χ0v) is 38.3. The normalized spacial score (nSPS) is 13.8. The van der Waals surface area contributed by atoms with Crippen molar-refractivity contribution in [3.63, 3.8) is 0 Å². The van der Waals surface area contributed by atoms with Gasteiger partial charge in [0.05, 0.1) is 6.61 Å². The largest absolute Gasteiger partial charge is 0.472 e. The Bertz CT molecular complexity index is 1130. The Balaban J connectivity index is 3.99. The lowest BCUT2D eigenvalue weighted by Gasteiger charge is -2.19. The van der Waals surface area contributed by atoms with Gasteiger partial charge in [-0.25, -0.2) is 4.57 Å². The van der Waals surface area contributed by atoms with E-state index in [1.165, 1.54) is 109 Å². The third-order valence-electron chi connectivity index (χ3n) is 10.0. The van der Waals surface area contributed by atoms with Crippen molar-refractivity contribution in [3.05, 3.63) is 60.8 Å². The number of carbonyl (C=O) groups is 2. The summed E-state index contributed by atoms with van der Waals surface area (Å²) in [6.07, 6.45) is 55.7. The molecule has 0 spiro atoms. The van der Waals surface area contributed by atoms with Crippen molar-refractivity contribution in [1.82, 2.24) is 0 Å².